The third kappa shape index (κ3) is 9.45. The summed E-state index contributed by atoms with van der Waals surface area (Å²) in [5.74, 6) is -0.0855. The maximum absolute atomic E-state index is 13.3. The van der Waals surface area contributed by atoms with Gasteiger partial charge < -0.3 is 15.0 Å². The second kappa shape index (κ2) is 13.7. The highest BCUT2D eigenvalue weighted by Crippen LogP contribution is 2.32. The summed E-state index contributed by atoms with van der Waals surface area (Å²) in [7, 11) is -2.40. The monoisotopic (exact) mass is 571 g/mol. The van der Waals surface area contributed by atoms with Crippen LogP contribution in [0.2, 0.25) is 0 Å². The highest BCUT2D eigenvalue weighted by atomic mass is 32.2. The van der Waals surface area contributed by atoms with Crippen LogP contribution in [0.1, 0.15) is 51.2 Å². The average Bonchev–Trinajstić information content (AvgIpc) is 2.88. The summed E-state index contributed by atoms with van der Waals surface area (Å²) in [6.45, 7) is 5.31. The summed E-state index contributed by atoms with van der Waals surface area (Å²) in [5, 5.41) is 2.87. The largest absolute Gasteiger partial charge is 0.497 e. The van der Waals surface area contributed by atoms with Crippen molar-refractivity contribution in [2.24, 2.45) is 0 Å². The van der Waals surface area contributed by atoms with Crippen molar-refractivity contribution < 1.29 is 35.9 Å². The van der Waals surface area contributed by atoms with Gasteiger partial charge >= 0.3 is 6.18 Å². The molecule has 0 saturated heterocycles. The van der Waals surface area contributed by atoms with E-state index < -0.39 is 33.7 Å². The lowest BCUT2D eigenvalue weighted by Gasteiger charge is -2.30. The molecule has 0 spiro atoms. The fraction of sp³-hybridized carbons (Fsp3) is 0.481. The molecule has 0 aliphatic rings. The molecule has 0 aliphatic carbocycles. The topological polar surface area (TPSA) is 96.0 Å². The third-order valence-corrected chi connectivity index (χ3v) is 7.49. The first-order valence-corrected chi connectivity index (χ1v) is 14.4. The highest BCUT2D eigenvalue weighted by molar-refractivity contribution is 7.92. The molecule has 2 amide bonds. The molecular formula is C27H36F3N3O5S. The highest BCUT2D eigenvalue weighted by Gasteiger charge is 2.32. The lowest BCUT2D eigenvalue weighted by atomic mass is 10.1. The lowest BCUT2D eigenvalue weighted by molar-refractivity contribution is -0.140. The Hall–Kier alpha value is -3.28. The van der Waals surface area contributed by atoms with Gasteiger partial charge in [0.2, 0.25) is 21.8 Å². The predicted molar refractivity (Wildman–Crippen MR) is 144 cm³/mol. The lowest BCUT2D eigenvalue weighted by Crippen LogP contribution is -2.49. The van der Waals surface area contributed by atoms with Crippen molar-refractivity contribution >= 4 is 27.5 Å². The molecular weight excluding hydrogens is 535 g/mol. The molecule has 0 bridgehead atoms. The van der Waals surface area contributed by atoms with E-state index in [1.54, 1.807) is 31.2 Å². The van der Waals surface area contributed by atoms with Crippen LogP contribution in [0, 0.1) is 0 Å². The molecule has 0 aliphatic heterocycles. The number of hydrogen-bond donors (Lipinski definition) is 1. The standard InChI is InChI=1S/C27H36F3N3O5S/c1-6-19(2)31-26(35)20(3)32(18-21-12-14-24(38-4)15-13-21)25(34)11-8-16-33(39(5,36)37)23-10-7-9-22(17-23)27(28,29)30/h7,9-10,12-15,17,19-20H,6,8,11,16,18H2,1-5H3,(H,31,35). The van der Waals surface area contributed by atoms with E-state index in [1.165, 1.54) is 18.1 Å². The zero-order valence-electron chi connectivity index (χ0n) is 22.8. The first-order valence-electron chi connectivity index (χ1n) is 12.5. The average molecular weight is 572 g/mol. The van der Waals surface area contributed by atoms with Crippen molar-refractivity contribution in [3.63, 3.8) is 0 Å². The Balaban J connectivity index is 2.22. The quantitative estimate of drug-likeness (QED) is 0.380. The number of sulfonamides is 1. The molecule has 2 atom stereocenters. The Morgan fingerprint density at radius 3 is 2.26 bits per heavy atom. The Kier molecular flexibility index (Phi) is 11.2. The molecule has 2 unspecified atom stereocenters. The number of methoxy groups -OCH3 is 1. The van der Waals surface area contributed by atoms with Crippen molar-refractivity contribution in [3.05, 3.63) is 59.7 Å². The normalized spacial score (nSPS) is 13.3. The maximum atomic E-state index is 13.3. The fourth-order valence-electron chi connectivity index (χ4n) is 3.82. The van der Waals surface area contributed by atoms with Gasteiger partial charge in [0.05, 0.1) is 24.6 Å². The van der Waals surface area contributed by atoms with Crippen LogP contribution in [-0.2, 0) is 32.3 Å². The van der Waals surface area contributed by atoms with E-state index >= 15 is 0 Å². The molecule has 216 valence electrons. The number of anilines is 1. The van der Waals surface area contributed by atoms with E-state index in [-0.39, 0.29) is 43.6 Å². The van der Waals surface area contributed by atoms with Gasteiger partial charge in [0.25, 0.3) is 0 Å². The molecule has 2 rings (SSSR count). The number of hydrogen-bond acceptors (Lipinski definition) is 5. The summed E-state index contributed by atoms with van der Waals surface area (Å²) in [6, 6.07) is 10.1. The first kappa shape index (κ1) is 31.9. The molecule has 1 N–H and O–H groups in total. The minimum Gasteiger partial charge on any atom is -0.497 e. The molecule has 12 heteroatoms. The van der Waals surface area contributed by atoms with Gasteiger partial charge in [-0.2, -0.15) is 13.2 Å². The zero-order chi connectivity index (χ0) is 29.4. The second-order valence-electron chi connectivity index (χ2n) is 9.35. The summed E-state index contributed by atoms with van der Waals surface area (Å²) in [4.78, 5) is 27.6. The van der Waals surface area contributed by atoms with Gasteiger partial charge in [0, 0.05) is 25.6 Å². The minimum absolute atomic E-state index is 0.0287. The van der Waals surface area contributed by atoms with Gasteiger partial charge in [-0.1, -0.05) is 25.1 Å². The molecule has 0 saturated carbocycles. The van der Waals surface area contributed by atoms with Crippen LogP contribution in [-0.4, -0.2) is 57.1 Å². The van der Waals surface area contributed by atoms with Crippen LogP contribution in [0.5, 0.6) is 5.75 Å². The van der Waals surface area contributed by atoms with E-state index in [9.17, 15) is 31.2 Å². The summed E-state index contributed by atoms with van der Waals surface area (Å²) in [6.07, 6.45) is -3.12. The van der Waals surface area contributed by atoms with Gasteiger partial charge in [-0.05, 0) is 62.6 Å². The van der Waals surface area contributed by atoms with Gasteiger partial charge in [-0.25, -0.2) is 8.42 Å². The van der Waals surface area contributed by atoms with Crippen LogP contribution in [0.3, 0.4) is 0 Å². The van der Waals surface area contributed by atoms with E-state index in [4.69, 9.17) is 4.74 Å². The SMILES string of the molecule is CCC(C)NC(=O)C(C)N(Cc1ccc(OC)cc1)C(=O)CCCN(c1cccc(C(F)(F)F)c1)S(C)(=O)=O. The Morgan fingerprint density at radius 1 is 1.08 bits per heavy atom. The smallest absolute Gasteiger partial charge is 0.416 e. The van der Waals surface area contributed by atoms with Gasteiger partial charge in [-0.3, -0.25) is 13.9 Å². The van der Waals surface area contributed by atoms with Crippen molar-refractivity contribution in [3.8, 4) is 5.75 Å². The van der Waals surface area contributed by atoms with Crippen LogP contribution in [0.25, 0.3) is 0 Å². The number of benzene rings is 2. The first-order chi connectivity index (χ1) is 18.2. The fourth-order valence-corrected chi connectivity index (χ4v) is 4.77. The number of rotatable bonds is 13. The Labute approximate surface area is 228 Å². The number of ether oxygens (including phenoxy) is 1. The molecule has 2 aromatic rings. The predicted octanol–water partition coefficient (Wildman–Crippen LogP) is 4.59. The van der Waals surface area contributed by atoms with E-state index in [0.717, 1.165) is 34.3 Å². The Morgan fingerprint density at radius 2 is 1.72 bits per heavy atom. The van der Waals surface area contributed by atoms with Crippen LogP contribution >= 0.6 is 0 Å². The molecule has 39 heavy (non-hydrogen) atoms. The number of amides is 2. The number of carbonyl (C=O) groups excluding carboxylic acids is 2. The maximum Gasteiger partial charge on any atom is 0.416 e. The summed E-state index contributed by atoms with van der Waals surface area (Å²) in [5.41, 5.74) is -0.359. The number of alkyl halides is 3. The second-order valence-corrected chi connectivity index (χ2v) is 11.3. The number of nitrogens with one attached hydrogen (secondary N) is 1. The number of carbonyl (C=O) groups is 2. The van der Waals surface area contributed by atoms with E-state index in [0.29, 0.717) is 12.2 Å². The third-order valence-electron chi connectivity index (χ3n) is 6.29. The van der Waals surface area contributed by atoms with E-state index in [1.807, 2.05) is 13.8 Å². The van der Waals surface area contributed by atoms with Crippen molar-refractivity contribution in [2.75, 3.05) is 24.2 Å². The molecule has 0 heterocycles. The van der Waals surface area contributed by atoms with Crippen molar-refractivity contribution in [2.45, 2.75) is 64.8 Å². The number of nitrogens with zero attached hydrogens (tertiary/aromatic N) is 2. The van der Waals surface area contributed by atoms with Gasteiger partial charge in [0.15, 0.2) is 0 Å². The summed E-state index contributed by atoms with van der Waals surface area (Å²) >= 11 is 0. The zero-order valence-corrected chi connectivity index (χ0v) is 23.6. The molecule has 8 nitrogen and oxygen atoms in total. The van der Waals surface area contributed by atoms with Crippen molar-refractivity contribution in [1.82, 2.24) is 10.2 Å². The number of halogens is 3. The van der Waals surface area contributed by atoms with Crippen LogP contribution < -0.4 is 14.4 Å². The van der Waals surface area contributed by atoms with E-state index in [2.05, 4.69) is 5.32 Å². The molecule has 0 aromatic heterocycles. The van der Waals surface area contributed by atoms with Crippen LogP contribution in [0.15, 0.2) is 48.5 Å². The van der Waals surface area contributed by atoms with Gasteiger partial charge in [0.1, 0.15) is 11.8 Å². The minimum atomic E-state index is -4.64. The van der Waals surface area contributed by atoms with Crippen LogP contribution in [0.4, 0.5) is 18.9 Å². The summed E-state index contributed by atoms with van der Waals surface area (Å²) < 4.78 is 70.4. The van der Waals surface area contributed by atoms with Crippen molar-refractivity contribution in [1.29, 1.82) is 0 Å². The van der Waals surface area contributed by atoms with Gasteiger partial charge in [-0.15, -0.1) is 0 Å². The molecule has 0 fully saturated rings. The Bertz CT molecular complexity index is 1220. The molecule has 0 radical (unpaired) electrons. The molecule has 2 aromatic carbocycles.